The van der Waals surface area contributed by atoms with Crippen molar-refractivity contribution in [3.05, 3.63) is 111 Å². The summed E-state index contributed by atoms with van der Waals surface area (Å²) in [6.07, 6.45) is 1.25. The summed E-state index contributed by atoms with van der Waals surface area (Å²) in [5.41, 5.74) is 1.97. The van der Waals surface area contributed by atoms with Crippen molar-refractivity contribution < 1.29 is 33.6 Å². The van der Waals surface area contributed by atoms with Crippen LogP contribution >= 0.6 is 0 Å². The number of hydrogen-bond donors (Lipinski definition) is 3. The van der Waals surface area contributed by atoms with Gasteiger partial charge in [-0.1, -0.05) is 110 Å². The molecular weight excluding hydrogens is 624 g/mol. The number of aromatic hydroxyl groups is 3. The lowest BCUT2D eigenvalue weighted by molar-refractivity contribution is 0.346. The van der Waals surface area contributed by atoms with E-state index in [1.165, 1.54) is 38.8 Å². The van der Waals surface area contributed by atoms with Crippen molar-refractivity contribution >= 4 is 21.9 Å². The molecule has 262 valence electrons. The number of methoxy groups -OCH3 is 2. The average Bonchev–Trinajstić information content (AvgIpc) is 3.07. The highest BCUT2D eigenvalue weighted by atomic mass is 16.5. The number of phenols is 3. The van der Waals surface area contributed by atoms with Crippen LogP contribution in [-0.4, -0.2) is 29.5 Å². The van der Waals surface area contributed by atoms with Crippen molar-refractivity contribution in [3.8, 4) is 51.4 Å². The molecule has 2 heterocycles. The molecule has 9 heteroatoms. The van der Waals surface area contributed by atoms with Gasteiger partial charge in [-0.25, -0.2) is 0 Å². The summed E-state index contributed by atoms with van der Waals surface area (Å²) in [6, 6.07) is 24.1. The predicted molar refractivity (Wildman–Crippen MR) is 199 cm³/mol. The molecule has 0 radical (unpaired) electrons. The van der Waals surface area contributed by atoms with Crippen LogP contribution in [-0.2, 0) is 0 Å². The summed E-state index contributed by atoms with van der Waals surface area (Å²) < 4.78 is 21.4. The summed E-state index contributed by atoms with van der Waals surface area (Å²) in [5.74, 6) is 0.0660. The van der Waals surface area contributed by atoms with Crippen molar-refractivity contribution in [2.75, 3.05) is 14.2 Å². The Labute approximate surface area is 287 Å². The Morgan fingerprint density at radius 1 is 0.612 bits per heavy atom. The van der Waals surface area contributed by atoms with Gasteiger partial charge in [0.2, 0.25) is 5.75 Å². The van der Waals surface area contributed by atoms with Gasteiger partial charge in [-0.15, -0.1) is 0 Å². The number of benzene rings is 4. The fourth-order valence-corrected chi connectivity index (χ4v) is 4.63. The monoisotopic (exact) mass is 672 g/mol. The maximum atomic E-state index is 12.3. The normalized spacial score (nSPS) is 9.69. The minimum Gasteiger partial charge on any atom is -0.504 e. The molecule has 0 fully saturated rings. The molecule has 0 aliphatic rings. The van der Waals surface area contributed by atoms with Crippen LogP contribution in [0.4, 0.5) is 0 Å². The molecule has 0 aliphatic heterocycles. The van der Waals surface area contributed by atoms with Gasteiger partial charge in [0.1, 0.15) is 33.5 Å². The first-order valence-electron chi connectivity index (χ1n) is 15.2. The minimum absolute atomic E-state index is 0. The maximum absolute atomic E-state index is 12.3. The summed E-state index contributed by atoms with van der Waals surface area (Å²) in [6.45, 7) is 10.0. The van der Waals surface area contributed by atoms with E-state index >= 15 is 0 Å². The van der Waals surface area contributed by atoms with Gasteiger partial charge >= 0.3 is 0 Å². The van der Waals surface area contributed by atoms with Crippen molar-refractivity contribution in [2.24, 2.45) is 0 Å². The van der Waals surface area contributed by atoms with Crippen LogP contribution in [0.25, 0.3) is 44.6 Å². The SMILES string of the molecule is C.C.CC.CCC.COc1c(C)cc2oc(-c3ccccc3)cc(=O)c2c1O.COc1c(O)cc2oc(-c3ccccc3)cc(=O)c2c1O. The van der Waals surface area contributed by atoms with Crippen molar-refractivity contribution in [2.45, 2.75) is 55.9 Å². The molecule has 0 aliphatic carbocycles. The van der Waals surface area contributed by atoms with Crippen LogP contribution in [0.15, 0.2) is 103 Å². The van der Waals surface area contributed by atoms with Gasteiger partial charge in [0.15, 0.2) is 33.9 Å². The van der Waals surface area contributed by atoms with Crippen molar-refractivity contribution in [3.63, 3.8) is 0 Å². The third kappa shape index (κ3) is 9.22. The van der Waals surface area contributed by atoms with Crippen LogP contribution in [0, 0.1) is 6.92 Å². The zero-order chi connectivity index (χ0) is 34.7. The fraction of sp³-hybridized carbons (Fsp3) is 0.250. The highest BCUT2D eigenvalue weighted by molar-refractivity contribution is 5.90. The molecule has 0 saturated heterocycles. The third-order valence-corrected chi connectivity index (χ3v) is 6.58. The Morgan fingerprint density at radius 2 is 0.980 bits per heavy atom. The number of aryl methyl sites for hydroxylation is 1. The fourth-order valence-electron chi connectivity index (χ4n) is 4.63. The number of hydrogen-bond acceptors (Lipinski definition) is 9. The Morgan fingerprint density at radius 3 is 1.37 bits per heavy atom. The van der Waals surface area contributed by atoms with Crippen molar-refractivity contribution in [1.29, 1.82) is 0 Å². The average molecular weight is 673 g/mol. The lowest BCUT2D eigenvalue weighted by Gasteiger charge is -2.10. The Hall–Kier alpha value is -5.70. The molecule has 2 aromatic heterocycles. The molecular formula is C40H48O9. The second-order valence-electron chi connectivity index (χ2n) is 9.99. The van der Waals surface area contributed by atoms with Crippen LogP contribution in [0.5, 0.6) is 28.7 Å². The summed E-state index contributed by atoms with van der Waals surface area (Å²) >= 11 is 0. The van der Waals surface area contributed by atoms with E-state index in [1.807, 2.05) is 62.4 Å². The molecule has 4 aromatic carbocycles. The van der Waals surface area contributed by atoms with E-state index in [2.05, 4.69) is 13.8 Å². The molecule has 0 amide bonds. The van der Waals surface area contributed by atoms with Gasteiger partial charge < -0.3 is 33.6 Å². The van der Waals surface area contributed by atoms with E-state index in [9.17, 15) is 24.9 Å². The second kappa shape index (κ2) is 19.2. The summed E-state index contributed by atoms with van der Waals surface area (Å²) in [4.78, 5) is 24.5. The van der Waals surface area contributed by atoms with Crippen LogP contribution < -0.4 is 20.3 Å². The van der Waals surface area contributed by atoms with Crippen LogP contribution in [0.2, 0.25) is 0 Å². The molecule has 9 nitrogen and oxygen atoms in total. The second-order valence-corrected chi connectivity index (χ2v) is 9.99. The molecule has 0 saturated carbocycles. The van der Waals surface area contributed by atoms with E-state index in [4.69, 9.17) is 18.3 Å². The molecule has 0 atom stereocenters. The highest BCUT2D eigenvalue weighted by Crippen LogP contribution is 2.41. The topological polar surface area (TPSA) is 140 Å². The zero-order valence-corrected chi connectivity index (χ0v) is 27.6. The van der Waals surface area contributed by atoms with Gasteiger partial charge in [0, 0.05) is 29.3 Å². The molecule has 3 N–H and O–H groups in total. The first-order valence-corrected chi connectivity index (χ1v) is 15.2. The van der Waals surface area contributed by atoms with Gasteiger partial charge in [-0.3, -0.25) is 9.59 Å². The number of phenolic OH excluding ortho intramolecular Hbond substituents is 3. The number of fused-ring (bicyclic) bond motifs is 2. The molecule has 0 unspecified atom stereocenters. The van der Waals surface area contributed by atoms with Crippen LogP contribution in [0.1, 0.15) is 54.5 Å². The largest absolute Gasteiger partial charge is 0.504 e. The Bertz CT molecular complexity index is 1900. The standard InChI is InChI=1S/C17H14O4.C16H12O5.C3H8.C2H6.2CH4/c1-10-8-14-15(16(19)17(10)20-2)12(18)9-13(21-14)11-6-4-3-5-7-11;1-20-16-11(18)8-13-14(15(16)19)10(17)7-12(21-13)9-5-3-2-4-6-9;1-3-2;1-2;;/h3-9,19H,1-2H3;2-8,18-19H,1H3;3H2,1-2H3;1-2H3;2*1H4. The van der Waals surface area contributed by atoms with E-state index < -0.39 is 11.2 Å². The van der Waals surface area contributed by atoms with E-state index in [0.29, 0.717) is 28.4 Å². The van der Waals surface area contributed by atoms with E-state index in [-0.39, 0.29) is 53.9 Å². The Kier molecular flexibility index (Phi) is 16.2. The molecule has 6 aromatic rings. The van der Waals surface area contributed by atoms with Gasteiger partial charge in [0.05, 0.1) is 14.2 Å². The van der Waals surface area contributed by atoms with Gasteiger partial charge in [0.25, 0.3) is 0 Å². The maximum Gasteiger partial charge on any atom is 0.203 e. The molecule has 49 heavy (non-hydrogen) atoms. The smallest absolute Gasteiger partial charge is 0.203 e. The number of rotatable bonds is 4. The third-order valence-electron chi connectivity index (χ3n) is 6.58. The predicted octanol–water partition coefficient (Wildman–Crippen LogP) is 10.1. The van der Waals surface area contributed by atoms with E-state index in [1.54, 1.807) is 25.1 Å². The first kappa shape index (κ1) is 41.3. The highest BCUT2D eigenvalue weighted by Gasteiger charge is 2.19. The van der Waals surface area contributed by atoms with Crippen molar-refractivity contribution in [1.82, 2.24) is 0 Å². The van der Waals surface area contributed by atoms with Gasteiger partial charge in [-0.2, -0.15) is 0 Å². The minimum atomic E-state index is -0.430. The molecule has 0 spiro atoms. The molecule has 6 rings (SSSR count). The zero-order valence-electron chi connectivity index (χ0n) is 27.6. The first-order chi connectivity index (χ1) is 22.6. The van der Waals surface area contributed by atoms with Crippen LogP contribution in [0.3, 0.4) is 0 Å². The number of ether oxygens (including phenoxy) is 2. The quantitative estimate of drug-likeness (QED) is 0.167. The summed E-state index contributed by atoms with van der Waals surface area (Å²) in [7, 11) is 2.74. The van der Waals surface area contributed by atoms with Gasteiger partial charge in [-0.05, 0) is 18.6 Å². The molecule has 0 bridgehead atoms. The Balaban J connectivity index is 0.000000418. The summed E-state index contributed by atoms with van der Waals surface area (Å²) in [5, 5.41) is 30.1. The lowest BCUT2D eigenvalue weighted by Crippen LogP contribution is -2.02. The van der Waals surface area contributed by atoms with E-state index in [0.717, 1.165) is 11.1 Å². The lowest BCUT2D eigenvalue weighted by atomic mass is 10.1.